The summed E-state index contributed by atoms with van der Waals surface area (Å²) in [5, 5.41) is 3.48. The van der Waals surface area contributed by atoms with E-state index in [0.717, 1.165) is 19.4 Å². The van der Waals surface area contributed by atoms with Crippen LogP contribution in [0, 0.1) is 0 Å². The van der Waals surface area contributed by atoms with Gasteiger partial charge in [0, 0.05) is 6.04 Å². The van der Waals surface area contributed by atoms with Gasteiger partial charge in [-0.3, -0.25) is 0 Å². The van der Waals surface area contributed by atoms with Gasteiger partial charge in [0.25, 0.3) is 0 Å². The van der Waals surface area contributed by atoms with Crippen LogP contribution in [0.1, 0.15) is 25.3 Å². The quantitative estimate of drug-likeness (QED) is 0.671. The van der Waals surface area contributed by atoms with Crippen molar-refractivity contribution in [1.29, 1.82) is 0 Å². The van der Waals surface area contributed by atoms with Crippen LogP contribution in [0.2, 0.25) is 0 Å². The van der Waals surface area contributed by atoms with Gasteiger partial charge in [-0.1, -0.05) is 43.3 Å². The lowest BCUT2D eigenvalue weighted by molar-refractivity contribution is 0.498. The van der Waals surface area contributed by atoms with E-state index in [2.05, 4.69) is 49.2 Å². The summed E-state index contributed by atoms with van der Waals surface area (Å²) in [6, 6.07) is 11.2. The monoisotopic (exact) mass is 203 g/mol. The maximum absolute atomic E-state index is 3.80. The van der Waals surface area contributed by atoms with E-state index in [9.17, 15) is 0 Å². The minimum atomic E-state index is 0.577. The second kappa shape index (κ2) is 7.24. The van der Waals surface area contributed by atoms with Gasteiger partial charge in [0.1, 0.15) is 0 Å². The van der Waals surface area contributed by atoms with E-state index < -0.39 is 0 Å². The van der Waals surface area contributed by atoms with Crippen molar-refractivity contribution in [3.05, 3.63) is 48.6 Å². The van der Waals surface area contributed by atoms with Crippen molar-refractivity contribution in [3.8, 4) is 0 Å². The molecule has 0 bridgehead atoms. The molecule has 0 spiro atoms. The minimum absolute atomic E-state index is 0.577. The van der Waals surface area contributed by atoms with Gasteiger partial charge in [0.05, 0.1) is 0 Å². The van der Waals surface area contributed by atoms with Crippen LogP contribution in [0.25, 0.3) is 0 Å². The van der Waals surface area contributed by atoms with Crippen LogP contribution in [0.5, 0.6) is 0 Å². The Labute approximate surface area is 93.2 Å². The van der Waals surface area contributed by atoms with Crippen LogP contribution >= 0.6 is 0 Å². The van der Waals surface area contributed by atoms with Crippen molar-refractivity contribution in [2.24, 2.45) is 0 Å². The molecule has 1 N–H and O–H groups in total. The standard InChI is InChI=1S/C14H21N/c1-3-8-14(15-4-2)12-11-13-9-6-5-7-10-13/h3,5-7,9-10,14-15H,1,4,8,11-12H2,2H3. The molecule has 0 fully saturated rings. The molecule has 0 aliphatic rings. The first-order valence-corrected chi connectivity index (χ1v) is 5.75. The molecule has 1 aromatic rings. The van der Waals surface area contributed by atoms with Gasteiger partial charge < -0.3 is 5.32 Å². The summed E-state index contributed by atoms with van der Waals surface area (Å²) in [5.74, 6) is 0. The van der Waals surface area contributed by atoms with Gasteiger partial charge in [-0.25, -0.2) is 0 Å². The number of hydrogen-bond donors (Lipinski definition) is 1. The summed E-state index contributed by atoms with van der Waals surface area (Å²) in [4.78, 5) is 0. The number of nitrogens with one attached hydrogen (secondary N) is 1. The molecule has 0 heterocycles. The van der Waals surface area contributed by atoms with E-state index in [1.54, 1.807) is 0 Å². The summed E-state index contributed by atoms with van der Waals surface area (Å²) in [7, 11) is 0. The third-order valence-electron chi connectivity index (χ3n) is 2.57. The Morgan fingerprint density at radius 3 is 2.67 bits per heavy atom. The summed E-state index contributed by atoms with van der Waals surface area (Å²) in [6.45, 7) is 6.98. The van der Waals surface area contributed by atoms with E-state index in [-0.39, 0.29) is 0 Å². The number of benzene rings is 1. The van der Waals surface area contributed by atoms with Crippen LogP contribution in [-0.2, 0) is 6.42 Å². The molecule has 1 nitrogen and oxygen atoms in total. The zero-order valence-electron chi connectivity index (χ0n) is 9.58. The lowest BCUT2D eigenvalue weighted by atomic mass is 10.0. The second-order valence-corrected chi connectivity index (χ2v) is 3.80. The molecular weight excluding hydrogens is 182 g/mol. The van der Waals surface area contributed by atoms with Crippen molar-refractivity contribution in [2.75, 3.05) is 6.54 Å². The largest absolute Gasteiger partial charge is 0.314 e. The van der Waals surface area contributed by atoms with E-state index >= 15 is 0 Å². The van der Waals surface area contributed by atoms with Gasteiger partial charge in [0.2, 0.25) is 0 Å². The zero-order chi connectivity index (χ0) is 10.9. The Hall–Kier alpha value is -1.08. The lowest BCUT2D eigenvalue weighted by Gasteiger charge is -2.15. The Morgan fingerprint density at radius 2 is 2.07 bits per heavy atom. The van der Waals surface area contributed by atoms with Crippen molar-refractivity contribution in [3.63, 3.8) is 0 Å². The van der Waals surface area contributed by atoms with Crippen molar-refractivity contribution < 1.29 is 0 Å². The van der Waals surface area contributed by atoms with Gasteiger partial charge in [-0.15, -0.1) is 6.58 Å². The van der Waals surface area contributed by atoms with Crippen LogP contribution < -0.4 is 5.32 Å². The summed E-state index contributed by atoms with van der Waals surface area (Å²) >= 11 is 0. The van der Waals surface area contributed by atoms with Crippen LogP contribution in [0.15, 0.2) is 43.0 Å². The molecule has 0 aromatic heterocycles. The Kier molecular flexibility index (Phi) is 5.79. The summed E-state index contributed by atoms with van der Waals surface area (Å²) < 4.78 is 0. The Morgan fingerprint density at radius 1 is 1.33 bits per heavy atom. The highest BCUT2D eigenvalue weighted by Gasteiger charge is 2.04. The molecule has 0 saturated heterocycles. The molecule has 82 valence electrons. The van der Waals surface area contributed by atoms with E-state index in [4.69, 9.17) is 0 Å². The van der Waals surface area contributed by atoms with Crippen molar-refractivity contribution >= 4 is 0 Å². The normalized spacial score (nSPS) is 12.3. The third kappa shape index (κ3) is 4.80. The molecule has 15 heavy (non-hydrogen) atoms. The molecule has 0 saturated carbocycles. The molecule has 1 aromatic carbocycles. The summed E-state index contributed by atoms with van der Waals surface area (Å²) in [6.07, 6.45) is 5.38. The average Bonchev–Trinajstić information content (AvgIpc) is 2.28. The first-order valence-electron chi connectivity index (χ1n) is 5.75. The highest BCUT2D eigenvalue weighted by atomic mass is 14.9. The maximum Gasteiger partial charge on any atom is 0.0104 e. The fourth-order valence-corrected chi connectivity index (χ4v) is 1.78. The molecule has 0 aliphatic carbocycles. The van der Waals surface area contributed by atoms with Crippen LogP contribution in [-0.4, -0.2) is 12.6 Å². The second-order valence-electron chi connectivity index (χ2n) is 3.80. The van der Waals surface area contributed by atoms with Crippen molar-refractivity contribution in [2.45, 2.75) is 32.2 Å². The lowest BCUT2D eigenvalue weighted by Crippen LogP contribution is -2.28. The molecule has 0 amide bonds. The Bertz CT molecular complexity index is 266. The molecule has 1 rings (SSSR count). The molecule has 1 heteroatoms. The molecule has 0 radical (unpaired) electrons. The molecule has 1 unspecified atom stereocenters. The average molecular weight is 203 g/mol. The summed E-state index contributed by atoms with van der Waals surface area (Å²) in [5.41, 5.74) is 1.42. The van der Waals surface area contributed by atoms with Gasteiger partial charge in [-0.05, 0) is 31.4 Å². The molecule has 0 aliphatic heterocycles. The third-order valence-corrected chi connectivity index (χ3v) is 2.57. The fraction of sp³-hybridized carbons (Fsp3) is 0.429. The fourth-order valence-electron chi connectivity index (χ4n) is 1.78. The van der Waals surface area contributed by atoms with E-state index in [1.807, 2.05) is 6.08 Å². The van der Waals surface area contributed by atoms with Gasteiger partial charge >= 0.3 is 0 Å². The highest BCUT2D eigenvalue weighted by Crippen LogP contribution is 2.07. The predicted octanol–water partition coefficient (Wildman–Crippen LogP) is 3.17. The van der Waals surface area contributed by atoms with Gasteiger partial charge in [-0.2, -0.15) is 0 Å². The first kappa shape index (κ1) is 12.0. The SMILES string of the molecule is C=CCC(CCc1ccccc1)NCC. The Balaban J connectivity index is 2.36. The minimum Gasteiger partial charge on any atom is -0.314 e. The molecule has 1 atom stereocenters. The topological polar surface area (TPSA) is 12.0 Å². The smallest absolute Gasteiger partial charge is 0.0104 e. The number of hydrogen-bond acceptors (Lipinski definition) is 1. The number of aryl methyl sites for hydroxylation is 1. The van der Waals surface area contributed by atoms with E-state index in [0.29, 0.717) is 6.04 Å². The maximum atomic E-state index is 3.80. The zero-order valence-corrected chi connectivity index (χ0v) is 9.58. The van der Waals surface area contributed by atoms with E-state index in [1.165, 1.54) is 12.0 Å². The number of rotatable bonds is 7. The predicted molar refractivity (Wildman–Crippen MR) is 67.0 cm³/mol. The first-order chi connectivity index (χ1) is 7.36. The highest BCUT2D eigenvalue weighted by molar-refractivity contribution is 5.14. The van der Waals surface area contributed by atoms with Gasteiger partial charge in [0.15, 0.2) is 0 Å². The van der Waals surface area contributed by atoms with Crippen molar-refractivity contribution in [1.82, 2.24) is 5.32 Å². The van der Waals surface area contributed by atoms with Crippen LogP contribution in [0.4, 0.5) is 0 Å². The molecular formula is C14H21N. The van der Waals surface area contributed by atoms with Crippen LogP contribution in [0.3, 0.4) is 0 Å².